The smallest absolute Gasteiger partial charge is 0.262 e. The van der Waals surface area contributed by atoms with E-state index in [-0.39, 0.29) is 11.3 Å². The molecular formula is C24H23N5O3. The minimum Gasteiger partial charge on any atom is -0.508 e. The van der Waals surface area contributed by atoms with E-state index in [4.69, 9.17) is 9.72 Å². The Morgan fingerprint density at radius 2 is 1.88 bits per heavy atom. The molecule has 0 spiro atoms. The fraction of sp³-hybridized carbons (Fsp3) is 0.208. The Morgan fingerprint density at radius 1 is 1.09 bits per heavy atom. The van der Waals surface area contributed by atoms with Gasteiger partial charge in [0.25, 0.3) is 5.56 Å². The summed E-state index contributed by atoms with van der Waals surface area (Å²) in [4.78, 5) is 26.6. The number of rotatable bonds is 4. The van der Waals surface area contributed by atoms with Crippen molar-refractivity contribution in [2.45, 2.75) is 6.92 Å². The Hall–Kier alpha value is -3.91. The highest BCUT2D eigenvalue weighted by Crippen LogP contribution is 2.30. The molecule has 1 fully saturated rings. The first-order valence-corrected chi connectivity index (χ1v) is 10.5. The third kappa shape index (κ3) is 3.88. The molecule has 0 radical (unpaired) electrons. The van der Waals surface area contributed by atoms with E-state index in [9.17, 15) is 9.90 Å². The zero-order valence-corrected chi connectivity index (χ0v) is 17.6. The maximum atomic E-state index is 12.6. The SMILES string of the molecule is Cc1cc(O)ccc1-c1cc2nc[nH]c(=O)c2c(Nc2ccc(N3CCOCC3)cc2)n1. The van der Waals surface area contributed by atoms with Crippen molar-refractivity contribution in [1.29, 1.82) is 0 Å². The van der Waals surface area contributed by atoms with Gasteiger partial charge < -0.3 is 25.0 Å². The van der Waals surface area contributed by atoms with E-state index in [0.29, 0.717) is 22.4 Å². The molecule has 4 aromatic rings. The fourth-order valence-corrected chi connectivity index (χ4v) is 3.97. The number of phenolic OH excluding ortho intramolecular Hbond substituents is 1. The lowest BCUT2D eigenvalue weighted by molar-refractivity contribution is 0.122. The van der Waals surface area contributed by atoms with Crippen LogP contribution in [0.15, 0.2) is 59.7 Å². The van der Waals surface area contributed by atoms with E-state index >= 15 is 0 Å². The average molecular weight is 429 g/mol. The number of aromatic hydroxyl groups is 1. The highest BCUT2D eigenvalue weighted by Gasteiger charge is 2.15. The van der Waals surface area contributed by atoms with Gasteiger partial charge >= 0.3 is 0 Å². The number of phenols is 1. The summed E-state index contributed by atoms with van der Waals surface area (Å²) in [6.07, 6.45) is 1.39. The lowest BCUT2D eigenvalue weighted by atomic mass is 10.0. The van der Waals surface area contributed by atoms with Gasteiger partial charge in [0.2, 0.25) is 0 Å². The highest BCUT2D eigenvalue weighted by molar-refractivity contribution is 5.93. The number of aromatic amines is 1. The number of aryl methyl sites for hydroxylation is 1. The molecule has 3 heterocycles. The Labute approximate surface area is 184 Å². The number of nitrogens with one attached hydrogen (secondary N) is 2. The summed E-state index contributed by atoms with van der Waals surface area (Å²) in [7, 11) is 0. The number of hydrogen-bond donors (Lipinski definition) is 3. The summed E-state index contributed by atoms with van der Waals surface area (Å²) in [5.41, 5.74) is 4.63. The van der Waals surface area contributed by atoms with Gasteiger partial charge in [0, 0.05) is 30.0 Å². The highest BCUT2D eigenvalue weighted by atomic mass is 16.5. The summed E-state index contributed by atoms with van der Waals surface area (Å²) in [5.74, 6) is 0.624. The number of pyridine rings is 1. The Morgan fingerprint density at radius 3 is 2.62 bits per heavy atom. The summed E-state index contributed by atoms with van der Waals surface area (Å²) >= 11 is 0. The van der Waals surface area contributed by atoms with Crippen LogP contribution in [0.3, 0.4) is 0 Å². The molecule has 1 aliphatic rings. The predicted octanol–water partition coefficient (Wildman–Crippen LogP) is 3.58. The second kappa shape index (κ2) is 8.32. The molecule has 0 amide bonds. The van der Waals surface area contributed by atoms with Crippen molar-refractivity contribution >= 4 is 28.1 Å². The molecule has 2 aromatic heterocycles. The number of nitrogens with zero attached hydrogens (tertiary/aromatic N) is 3. The third-order valence-corrected chi connectivity index (χ3v) is 5.62. The molecular weight excluding hydrogens is 406 g/mol. The van der Waals surface area contributed by atoms with E-state index in [0.717, 1.165) is 48.8 Å². The molecule has 162 valence electrons. The summed E-state index contributed by atoms with van der Waals surface area (Å²) < 4.78 is 5.42. The zero-order valence-electron chi connectivity index (χ0n) is 17.6. The van der Waals surface area contributed by atoms with Crippen LogP contribution in [0.1, 0.15) is 5.56 Å². The number of benzene rings is 2. The maximum absolute atomic E-state index is 12.6. The van der Waals surface area contributed by atoms with E-state index in [1.165, 1.54) is 6.33 Å². The lowest BCUT2D eigenvalue weighted by Crippen LogP contribution is -2.36. The van der Waals surface area contributed by atoms with Crippen molar-refractivity contribution in [3.05, 3.63) is 70.8 Å². The van der Waals surface area contributed by atoms with Gasteiger partial charge in [-0.05, 0) is 61.0 Å². The molecule has 0 atom stereocenters. The van der Waals surface area contributed by atoms with Gasteiger partial charge in [0.15, 0.2) is 0 Å². The molecule has 2 aromatic carbocycles. The monoisotopic (exact) mass is 429 g/mol. The van der Waals surface area contributed by atoms with Gasteiger partial charge in [-0.25, -0.2) is 9.97 Å². The van der Waals surface area contributed by atoms with Gasteiger partial charge in [-0.15, -0.1) is 0 Å². The van der Waals surface area contributed by atoms with Crippen LogP contribution in [0, 0.1) is 6.92 Å². The molecule has 8 nitrogen and oxygen atoms in total. The Bertz CT molecular complexity index is 1330. The first-order valence-electron chi connectivity index (χ1n) is 10.5. The lowest BCUT2D eigenvalue weighted by Gasteiger charge is -2.28. The van der Waals surface area contributed by atoms with E-state index in [1.807, 2.05) is 37.3 Å². The van der Waals surface area contributed by atoms with Crippen LogP contribution in [0.2, 0.25) is 0 Å². The van der Waals surface area contributed by atoms with Gasteiger partial charge in [-0.2, -0.15) is 0 Å². The molecule has 32 heavy (non-hydrogen) atoms. The van der Waals surface area contributed by atoms with Crippen LogP contribution in [0.25, 0.3) is 22.2 Å². The van der Waals surface area contributed by atoms with Gasteiger partial charge in [0.05, 0.1) is 30.8 Å². The number of ether oxygens (including phenoxy) is 1. The van der Waals surface area contributed by atoms with Gasteiger partial charge in [-0.1, -0.05) is 0 Å². The normalized spacial score (nSPS) is 14.0. The van der Waals surface area contributed by atoms with E-state index < -0.39 is 0 Å². The van der Waals surface area contributed by atoms with Crippen LogP contribution in [-0.2, 0) is 4.74 Å². The third-order valence-electron chi connectivity index (χ3n) is 5.62. The largest absolute Gasteiger partial charge is 0.508 e. The second-order valence-corrected chi connectivity index (χ2v) is 7.75. The first kappa shape index (κ1) is 20.0. The molecule has 3 N–H and O–H groups in total. The molecule has 5 rings (SSSR count). The quantitative estimate of drug-likeness (QED) is 0.456. The number of aromatic nitrogens is 3. The topological polar surface area (TPSA) is 103 Å². The fourth-order valence-electron chi connectivity index (χ4n) is 3.97. The molecule has 8 heteroatoms. The maximum Gasteiger partial charge on any atom is 0.262 e. The molecule has 0 bridgehead atoms. The number of H-pyrrole nitrogens is 1. The van der Waals surface area contributed by atoms with Crippen LogP contribution in [0.4, 0.5) is 17.2 Å². The minimum absolute atomic E-state index is 0.195. The zero-order chi connectivity index (χ0) is 22.1. The van der Waals surface area contributed by atoms with Crippen LogP contribution in [-0.4, -0.2) is 46.4 Å². The van der Waals surface area contributed by atoms with Crippen molar-refractivity contribution in [3.8, 4) is 17.0 Å². The molecule has 0 saturated carbocycles. The molecule has 1 aliphatic heterocycles. The van der Waals surface area contributed by atoms with E-state index in [1.54, 1.807) is 18.2 Å². The molecule has 0 unspecified atom stereocenters. The van der Waals surface area contributed by atoms with Crippen molar-refractivity contribution in [2.24, 2.45) is 0 Å². The standard InChI is InChI=1S/C24H23N5O3/c1-15-12-18(30)6-7-19(15)20-13-21-22(24(31)26-14-25-21)23(28-20)27-16-2-4-17(5-3-16)29-8-10-32-11-9-29/h2-7,12-14,30H,8-11H2,1H3,(H,27,28)(H,25,26,31). The van der Waals surface area contributed by atoms with Crippen LogP contribution >= 0.6 is 0 Å². The van der Waals surface area contributed by atoms with Gasteiger partial charge in [-0.3, -0.25) is 4.79 Å². The predicted molar refractivity (Wildman–Crippen MR) is 125 cm³/mol. The average Bonchev–Trinajstić information content (AvgIpc) is 2.80. The summed E-state index contributed by atoms with van der Waals surface area (Å²) in [5, 5.41) is 13.4. The second-order valence-electron chi connectivity index (χ2n) is 7.75. The Kier molecular flexibility index (Phi) is 5.20. The van der Waals surface area contributed by atoms with E-state index in [2.05, 4.69) is 20.2 Å². The van der Waals surface area contributed by atoms with Crippen LogP contribution < -0.4 is 15.8 Å². The van der Waals surface area contributed by atoms with Gasteiger partial charge in [0.1, 0.15) is 17.0 Å². The summed E-state index contributed by atoms with van der Waals surface area (Å²) in [6.45, 7) is 5.11. The number of morpholine rings is 1. The summed E-state index contributed by atoms with van der Waals surface area (Å²) in [6, 6.07) is 15.0. The molecule has 1 saturated heterocycles. The number of anilines is 3. The van der Waals surface area contributed by atoms with Crippen molar-refractivity contribution < 1.29 is 9.84 Å². The number of hydrogen-bond acceptors (Lipinski definition) is 7. The van der Waals surface area contributed by atoms with Crippen LogP contribution in [0.5, 0.6) is 5.75 Å². The van der Waals surface area contributed by atoms with Crippen molar-refractivity contribution in [2.75, 3.05) is 36.5 Å². The minimum atomic E-state index is -0.260. The first-order chi connectivity index (χ1) is 15.6. The van der Waals surface area contributed by atoms with Crippen molar-refractivity contribution in [3.63, 3.8) is 0 Å². The van der Waals surface area contributed by atoms with Crippen molar-refractivity contribution in [1.82, 2.24) is 15.0 Å². The molecule has 0 aliphatic carbocycles. The Balaban J connectivity index is 1.54. The number of fused-ring (bicyclic) bond motifs is 1.